The number of nitrogens with one attached hydrogen (secondary N) is 1. The molecule has 0 amide bonds. The zero-order valence-electron chi connectivity index (χ0n) is 10.7. The maximum atomic E-state index is 11.6. The molecule has 1 aromatic rings. The predicted octanol–water partition coefficient (Wildman–Crippen LogP) is 1.38. The molecule has 0 aliphatic carbocycles. The molecule has 0 spiro atoms. The van der Waals surface area contributed by atoms with Crippen LogP contribution in [0.25, 0.3) is 0 Å². The quantitative estimate of drug-likeness (QED) is 0.803. The number of nitrogen functional groups attached to an aromatic ring is 1. The van der Waals surface area contributed by atoms with Gasteiger partial charge in [-0.25, -0.2) is 8.42 Å². The van der Waals surface area contributed by atoms with Gasteiger partial charge in [0.05, 0.1) is 27.8 Å². The van der Waals surface area contributed by atoms with Gasteiger partial charge in [-0.1, -0.05) is 0 Å². The Morgan fingerprint density at radius 1 is 1.44 bits per heavy atom. The molecule has 3 N–H and O–H groups in total. The van der Waals surface area contributed by atoms with E-state index in [0.717, 1.165) is 0 Å². The van der Waals surface area contributed by atoms with Gasteiger partial charge in [-0.3, -0.25) is 0 Å². The molecule has 0 saturated carbocycles. The molecule has 6 heteroatoms. The van der Waals surface area contributed by atoms with Gasteiger partial charge in [-0.2, -0.15) is 5.26 Å². The molecule has 0 aliphatic heterocycles. The normalized spacial score (nSPS) is 11.9. The number of rotatable bonds is 4. The number of nitrogens with zero attached hydrogens (tertiary/aromatic N) is 1. The van der Waals surface area contributed by atoms with Crippen LogP contribution in [0.5, 0.6) is 0 Å². The molecular formula is C12H17N3O2S. The Balaban J connectivity index is 2.91. The van der Waals surface area contributed by atoms with E-state index in [4.69, 9.17) is 11.0 Å². The van der Waals surface area contributed by atoms with E-state index >= 15 is 0 Å². The third-order valence-corrected chi connectivity index (χ3v) is 5.04. The van der Waals surface area contributed by atoms with Gasteiger partial charge in [-0.15, -0.1) is 0 Å². The molecule has 0 aliphatic rings. The van der Waals surface area contributed by atoms with Crippen LogP contribution in [0.3, 0.4) is 0 Å². The fourth-order valence-electron chi connectivity index (χ4n) is 1.22. The topological polar surface area (TPSA) is 96.0 Å². The summed E-state index contributed by atoms with van der Waals surface area (Å²) in [5.41, 5.74) is 7.30. The molecule has 18 heavy (non-hydrogen) atoms. The van der Waals surface area contributed by atoms with Crippen LogP contribution in [0.4, 0.5) is 11.4 Å². The van der Waals surface area contributed by atoms with E-state index in [2.05, 4.69) is 5.32 Å². The molecule has 0 aromatic heterocycles. The first kappa shape index (κ1) is 14.3. The number of nitriles is 1. The fraction of sp³-hybridized carbons (Fsp3) is 0.417. The number of hydrogen-bond acceptors (Lipinski definition) is 5. The lowest BCUT2D eigenvalue weighted by Gasteiger charge is -2.23. The van der Waals surface area contributed by atoms with Crippen LogP contribution in [0.15, 0.2) is 18.2 Å². The van der Waals surface area contributed by atoms with E-state index in [-0.39, 0.29) is 6.54 Å². The highest BCUT2D eigenvalue weighted by atomic mass is 32.2. The average molecular weight is 267 g/mol. The zero-order chi connectivity index (χ0) is 14.0. The minimum absolute atomic E-state index is 0.227. The van der Waals surface area contributed by atoms with Crippen molar-refractivity contribution in [2.24, 2.45) is 0 Å². The summed E-state index contributed by atoms with van der Waals surface area (Å²) in [6.45, 7) is 3.50. The van der Waals surface area contributed by atoms with Crippen molar-refractivity contribution in [3.8, 4) is 6.07 Å². The summed E-state index contributed by atoms with van der Waals surface area (Å²) in [4.78, 5) is 0. The van der Waals surface area contributed by atoms with Gasteiger partial charge in [-0.05, 0) is 32.0 Å². The Kier molecular flexibility index (Phi) is 3.87. The van der Waals surface area contributed by atoms with Gasteiger partial charge >= 0.3 is 0 Å². The molecular weight excluding hydrogens is 250 g/mol. The Labute approximate surface area is 108 Å². The largest absolute Gasteiger partial charge is 0.397 e. The van der Waals surface area contributed by atoms with E-state index in [1.54, 1.807) is 32.0 Å². The van der Waals surface area contributed by atoms with Crippen LogP contribution in [-0.4, -0.2) is 26.0 Å². The molecule has 1 rings (SSSR count). The summed E-state index contributed by atoms with van der Waals surface area (Å²) < 4.78 is 22.2. The smallest absolute Gasteiger partial charge is 0.154 e. The average Bonchev–Trinajstić information content (AvgIpc) is 2.26. The molecule has 0 atom stereocenters. The Morgan fingerprint density at radius 3 is 2.56 bits per heavy atom. The fourth-order valence-corrected chi connectivity index (χ4v) is 1.55. The van der Waals surface area contributed by atoms with Crippen LogP contribution in [-0.2, 0) is 9.84 Å². The Morgan fingerprint density at radius 2 is 2.06 bits per heavy atom. The van der Waals surface area contributed by atoms with Crippen LogP contribution >= 0.6 is 0 Å². The molecule has 0 saturated heterocycles. The summed E-state index contributed by atoms with van der Waals surface area (Å²) in [5.74, 6) is 0. The predicted molar refractivity (Wildman–Crippen MR) is 73.0 cm³/mol. The summed E-state index contributed by atoms with van der Waals surface area (Å²) in [6, 6.07) is 6.85. The lowest BCUT2D eigenvalue weighted by Crippen LogP contribution is -2.38. The second-order valence-corrected chi connectivity index (χ2v) is 7.45. The molecule has 0 bridgehead atoms. The minimum Gasteiger partial charge on any atom is -0.397 e. The van der Waals surface area contributed by atoms with Crippen LogP contribution in [0, 0.1) is 11.3 Å². The van der Waals surface area contributed by atoms with Crippen molar-refractivity contribution in [2.75, 3.05) is 23.9 Å². The van der Waals surface area contributed by atoms with Crippen molar-refractivity contribution < 1.29 is 8.42 Å². The number of nitrogens with two attached hydrogens (primary N) is 1. The first-order chi connectivity index (χ1) is 8.17. The van der Waals surface area contributed by atoms with Gasteiger partial charge in [0, 0.05) is 12.8 Å². The first-order valence-electron chi connectivity index (χ1n) is 5.40. The third kappa shape index (κ3) is 3.14. The number of benzene rings is 1. The first-order valence-corrected chi connectivity index (χ1v) is 7.29. The van der Waals surface area contributed by atoms with E-state index in [0.29, 0.717) is 16.9 Å². The van der Waals surface area contributed by atoms with Crippen molar-refractivity contribution in [2.45, 2.75) is 18.6 Å². The molecule has 0 fully saturated rings. The van der Waals surface area contributed by atoms with E-state index in [9.17, 15) is 8.42 Å². The van der Waals surface area contributed by atoms with Gasteiger partial charge in [0.2, 0.25) is 0 Å². The van der Waals surface area contributed by atoms with Gasteiger partial charge in [0.15, 0.2) is 9.84 Å². The Hall–Kier alpha value is -1.74. The SMILES string of the molecule is CC(C)(CNc1cc(C#N)ccc1N)S(C)(=O)=O. The maximum absolute atomic E-state index is 11.6. The molecule has 5 nitrogen and oxygen atoms in total. The lowest BCUT2D eigenvalue weighted by atomic mass is 10.1. The van der Waals surface area contributed by atoms with Gasteiger partial charge in [0.1, 0.15) is 0 Å². The monoisotopic (exact) mass is 267 g/mol. The van der Waals surface area contributed by atoms with Gasteiger partial charge < -0.3 is 11.1 Å². The third-order valence-electron chi connectivity index (χ3n) is 2.89. The molecule has 1 aromatic carbocycles. The standard InChI is InChI=1S/C12H17N3O2S/c1-12(2,18(3,16)17)8-15-11-6-9(7-13)4-5-10(11)14/h4-6,15H,8,14H2,1-3H3. The van der Waals surface area contributed by atoms with Gasteiger partial charge in [0.25, 0.3) is 0 Å². The number of hydrogen-bond donors (Lipinski definition) is 2. The molecule has 0 unspecified atom stereocenters. The summed E-state index contributed by atoms with van der Waals surface area (Å²) >= 11 is 0. The summed E-state index contributed by atoms with van der Waals surface area (Å²) in [5, 5.41) is 11.8. The molecule has 0 heterocycles. The van der Waals surface area contributed by atoms with Crippen molar-refractivity contribution in [1.29, 1.82) is 5.26 Å². The zero-order valence-corrected chi connectivity index (χ0v) is 11.5. The highest BCUT2D eigenvalue weighted by Gasteiger charge is 2.29. The number of anilines is 2. The van der Waals surface area contributed by atoms with E-state index < -0.39 is 14.6 Å². The van der Waals surface area contributed by atoms with Crippen LogP contribution in [0.1, 0.15) is 19.4 Å². The molecule has 98 valence electrons. The van der Waals surface area contributed by atoms with Crippen molar-refractivity contribution in [3.63, 3.8) is 0 Å². The van der Waals surface area contributed by atoms with Crippen LogP contribution in [0.2, 0.25) is 0 Å². The van der Waals surface area contributed by atoms with Crippen LogP contribution < -0.4 is 11.1 Å². The van der Waals surface area contributed by atoms with Crippen molar-refractivity contribution >= 4 is 21.2 Å². The van der Waals surface area contributed by atoms with Crippen molar-refractivity contribution in [3.05, 3.63) is 23.8 Å². The Bertz CT molecular complexity index is 586. The maximum Gasteiger partial charge on any atom is 0.154 e. The number of sulfone groups is 1. The summed E-state index contributed by atoms with van der Waals surface area (Å²) in [7, 11) is -3.17. The van der Waals surface area contributed by atoms with E-state index in [1.165, 1.54) is 6.26 Å². The lowest BCUT2D eigenvalue weighted by molar-refractivity contribution is 0.560. The molecule has 0 radical (unpaired) electrons. The van der Waals surface area contributed by atoms with Crippen molar-refractivity contribution in [1.82, 2.24) is 0 Å². The summed E-state index contributed by atoms with van der Waals surface area (Å²) in [6.07, 6.45) is 1.20. The minimum atomic E-state index is -3.17. The van der Waals surface area contributed by atoms with E-state index in [1.807, 2.05) is 6.07 Å². The highest BCUT2D eigenvalue weighted by molar-refractivity contribution is 7.92. The highest BCUT2D eigenvalue weighted by Crippen LogP contribution is 2.22. The second kappa shape index (κ2) is 4.86. The second-order valence-electron chi connectivity index (χ2n) is 4.80.